The Hall–Kier alpha value is -1.96. The highest BCUT2D eigenvalue weighted by atomic mass is 32.1. The van der Waals surface area contributed by atoms with Gasteiger partial charge in [-0.3, -0.25) is 0 Å². The summed E-state index contributed by atoms with van der Waals surface area (Å²) in [5, 5.41) is 25.1. The fraction of sp³-hybridized carbons (Fsp3) is 0.444. The van der Waals surface area contributed by atoms with Crippen molar-refractivity contribution >= 4 is 16.3 Å². The van der Waals surface area contributed by atoms with Crippen LogP contribution in [-0.4, -0.2) is 44.0 Å². The minimum Gasteiger partial charge on any atom is -0.492 e. The molecule has 0 amide bonds. The van der Waals surface area contributed by atoms with Crippen LogP contribution in [0.5, 0.6) is 5.88 Å². The summed E-state index contributed by atoms with van der Waals surface area (Å²) in [6, 6.07) is 10.3. The first-order chi connectivity index (χ1) is 12.2. The summed E-state index contributed by atoms with van der Waals surface area (Å²) in [6.07, 6.45) is 2.13. The van der Waals surface area contributed by atoms with Crippen molar-refractivity contribution in [1.29, 1.82) is 0 Å². The van der Waals surface area contributed by atoms with E-state index in [9.17, 15) is 10.2 Å². The van der Waals surface area contributed by atoms with E-state index in [1.54, 1.807) is 4.52 Å². The van der Waals surface area contributed by atoms with E-state index >= 15 is 0 Å². The van der Waals surface area contributed by atoms with Crippen LogP contribution in [0.15, 0.2) is 30.3 Å². The molecule has 3 aromatic rings. The number of aromatic nitrogens is 3. The molecule has 2 aromatic heterocycles. The van der Waals surface area contributed by atoms with E-state index in [1.807, 2.05) is 25.1 Å². The quantitative estimate of drug-likeness (QED) is 0.654. The van der Waals surface area contributed by atoms with Crippen LogP contribution >= 0.6 is 11.3 Å². The van der Waals surface area contributed by atoms with Gasteiger partial charge in [-0.25, -0.2) is 4.98 Å². The average Bonchev–Trinajstić information content (AvgIpc) is 3.18. The van der Waals surface area contributed by atoms with Gasteiger partial charge in [-0.05, 0) is 0 Å². The van der Waals surface area contributed by atoms with Gasteiger partial charge in [0.2, 0.25) is 10.8 Å². The second-order valence-electron chi connectivity index (χ2n) is 6.60. The summed E-state index contributed by atoms with van der Waals surface area (Å²) in [6.45, 7) is 3.77. The topological polar surface area (TPSA) is 75.1 Å². The number of rotatable bonds is 4. The van der Waals surface area contributed by atoms with Crippen LogP contribution in [0.1, 0.15) is 42.1 Å². The number of aromatic hydroxyl groups is 1. The molecular weight excluding hydrogens is 336 g/mol. The molecule has 0 bridgehead atoms. The largest absolute Gasteiger partial charge is 0.492 e. The molecule has 1 saturated heterocycles. The molecule has 1 atom stereocenters. The Morgan fingerprint density at radius 1 is 1.28 bits per heavy atom. The molecule has 132 valence electrons. The number of nitrogens with zero attached hydrogens (tertiary/aromatic N) is 3. The van der Waals surface area contributed by atoms with Crippen molar-refractivity contribution in [1.82, 2.24) is 14.6 Å². The molecule has 3 N–H and O–H groups in total. The summed E-state index contributed by atoms with van der Waals surface area (Å²) in [7, 11) is 0. The van der Waals surface area contributed by atoms with E-state index in [0.717, 1.165) is 48.0 Å². The fourth-order valence-electron chi connectivity index (χ4n) is 3.61. The van der Waals surface area contributed by atoms with Gasteiger partial charge in [0.05, 0.1) is 19.2 Å². The van der Waals surface area contributed by atoms with Gasteiger partial charge in [0.15, 0.2) is 11.9 Å². The predicted molar refractivity (Wildman–Crippen MR) is 96.1 cm³/mol. The average molecular weight is 359 g/mol. The van der Waals surface area contributed by atoms with Gasteiger partial charge in [-0.2, -0.15) is 4.52 Å². The lowest BCUT2D eigenvalue weighted by Crippen LogP contribution is -3.13. The van der Waals surface area contributed by atoms with Crippen molar-refractivity contribution in [3.05, 3.63) is 46.6 Å². The van der Waals surface area contributed by atoms with Crippen LogP contribution in [0.2, 0.25) is 0 Å². The molecule has 25 heavy (non-hydrogen) atoms. The van der Waals surface area contributed by atoms with E-state index in [4.69, 9.17) is 0 Å². The Bertz CT molecular complexity index is 853. The second-order valence-corrected chi connectivity index (χ2v) is 7.61. The van der Waals surface area contributed by atoms with Crippen molar-refractivity contribution in [2.75, 3.05) is 13.1 Å². The van der Waals surface area contributed by atoms with Gasteiger partial charge >= 0.3 is 0 Å². The minimum absolute atomic E-state index is 0.0345. The minimum atomic E-state index is -0.205. The normalized spacial score (nSPS) is 22.3. The van der Waals surface area contributed by atoms with Crippen molar-refractivity contribution in [2.45, 2.75) is 38.3 Å². The van der Waals surface area contributed by atoms with Crippen LogP contribution in [0.3, 0.4) is 0 Å². The maximum atomic E-state index is 10.8. The SMILES string of the molecule is CCc1nc2sc([C@H](c3ccccc3)[NH+]3CCC(O)CC3)c(O)n2n1. The summed E-state index contributed by atoms with van der Waals surface area (Å²) in [5.41, 5.74) is 1.17. The standard InChI is InChI=1S/C18H22N4O2S/c1-2-14-19-18-22(20-14)17(24)16(25-18)15(12-6-4-3-5-7-12)21-10-8-13(23)9-11-21/h3-7,13,15,23-24H,2,8-11H2,1H3/p+1/t15-/m0/s1. The molecular formula is C18H23N4O2S+. The van der Waals surface area contributed by atoms with Gasteiger partial charge in [-0.15, -0.1) is 5.10 Å². The third kappa shape index (κ3) is 3.03. The highest BCUT2D eigenvalue weighted by Crippen LogP contribution is 2.35. The Morgan fingerprint density at radius 3 is 2.64 bits per heavy atom. The Kier molecular flexibility index (Phi) is 4.45. The summed E-state index contributed by atoms with van der Waals surface area (Å²) in [4.78, 5) is 7.51. The summed E-state index contributed by atoms with van der Waals surface area (Å²) in [5.74, 6) is 0.942. The number of aliphatic hydroxyl groups is 1. The van der Waals surface area contributed by atoms with E-state index in [1.165, 1.54) is 21.8 Å². The molecule has 1 aromatic carbocycles. The number of thiazole rings is 1. The molecule has 0 saturated carbocycles. The number of benzene rings is 1. The number of piperidine rings is 1. The Morgan fingerprint density at radius 2 is 2.00 bits per heavy atom. The first-order valence-corrected chi connectivity index (χ1v) is 9.64. The lowest BCUT2D eigenvalue weighted by Gasteiger charge is -2.33. The van der Waals surface area contributed by atoms with Gasteiger partial charge in [0, 0.05) is 24.8 Å². The van der Waals surface area contributed by atoms with Gasteiger partial charge < -0.3 is 15.1 Å². The van der Waals surface area contributed by atoms with Gasteiger partial charge in [0.1, 0.15) is 4.88 Å². The summed E-state index contributed by atoms with van der Waals surface area (Å²) >= 11 is 1.51. The van der Waals surface area contributed by atoms with Crippen LogP contribution in [0, 0.1) is 0 Å². The third-order valence-corrected chi connectivity index (χ3v) is 6.05. The maximum Gasteiger partial charge on any atom is 0.235 e. The number of aliphatic hydroxyl groups excluding tert-OH is 1. The molecule has 4 rings (SSSR count). The molecule has 0 radical (unpaired) electrons. The fourth-order valence-corrected chi connectivity index (χ4v) is 4.77. The maximum absolute atomic E-state index is 10.8. The van der Waals surface area contributed by atoms with Crippen molar-refractivity contribution in [3.8, 4) is 5.88 Å². The summed E-state index contributed by atoms with van der Waals surface area (Å²) < 4.78 is 1.56. The first-order valence-electron chi connectivity index (χ1n) is 8.82. The monoisotopic (exact) mass is 359 g/mol. The predicted octanol–water partition coefficient (Wildman–Crippen LogP) is 1.19. The van der Waals surface area contributed by atoms with Gasteiger partial charge in [0.25, 0.3) is 0 Å². The molecule has 1 aliphatic heterocycles. The molecule has 1 fully saturated rings. The zero-order chi connectivity index (χ0) is 17.4. The number of hydrogen-bond donors (Lipinski definition) is 3. The van der Waals surface area contributed by atoms with Crippen LogP contribution in [0.25, 0.3) is 4.96 Å². The molecule has 0 unspecified atom stereocenters. The molecule has 7 heteroatoms. The molecule has 0 spiro atoms. The highest BCUT2D eigenvalue weighted by Gasteiger charge is 2.34. The number of quaternary nitrogens is 1. The number of likely N-dealkylation sites (tertiary alicyclic amines) is 1. The van der Waals surface area contributed by atoms with Crippen molar-refractivity contribution < 1.29 is 15.1 Å². The van der Waals surface area contributed by atoms with E-state index < -0.39 is 0 Å². The van der Waals surface area contributed by atoms with Crippen LogP contribution < -0.4 is 4.90 Å². The Balaban J connectivity index is 1.78. The zero-order valence-corrected chi connectivity index (χ0v) is 15.0. The van der Waals surface area contributed by atoms with E-state index in [0.29, 0.717) is 0 Å². The van der Waals surface area contributed by atoms with E-state index in [2.05, 4.69) is 22.2 Å². The number of aryl methyl sites for hydroxylation is 1. The molecule has 1 aliphatic rings. The van der Waals surface area contributed by atoms with Crippen molar-refractivity contribution in [3.63, 3.8) is 0 Å². The van der Waals surface area contributed by atoms with Gasteiger partial charge in [-0.1, -0.05) is 48.6 Å². The number of hydrogen-bond acceptors (Lipinski definition) is 5. The molecule has 6 nitrogen and oxygen atoms in total. The highest BCUT2D eigenvalue weighted by molar-refractivity contribution is 7.17. The molecule has 0 aliphatic carbocycles. The van der Waals surface area contributed by atoms with E-state index in [-0.39, 0.29) is 18.0 Å². The third-order valence-electron chi connectivity index (χ3n) is 4.96. The lowest BCUT2D eigenvalue weighted by atomic mass is 9.99. The second kappa shape index (κ2) is 6.74. The van der Waals surface area contributed by atoms with Crippen LogP contribution in [0.4, 0.5) is 0 Å². The lowest BCUT2D eigenvalue weighted by molar-refractivity contribution is -0.931. The molecule has 3 heterocycles. The van der Waals surface area contributed by atoms with Crippen molar-refractivity contribution in [2.24, 2.45) is 0 Å². The first kappa shape index (κ1) is 16.5. The van der Waals surface area contributed by atoms with Crippen LogP contribution in [-0.2, 0) is 6.42 Å². The number of fused-ring (bicyclic) bond motifs is 1. The number of nitrogens with one attached hydrogen (secondary N) is 1. The smallest absolute Gasteiger partial charge is 0.235 e. The Labute approximate surface area is 150 Å². The zero-order valence-electron chi connectivity index (χ0n) is 14.2.